The number of aliphatic carboxylic acids is 1. The van der Waals surface area contributed by atoms with E-state index in [1.54, 1.807) is 48.8 Å². The van der Waals surface area contributed by atoms with Crippen LogP contribution in [0.2, 0.25) is 0 Å². The number of carbonyl (C=O) groups excluding carboxylic acids is 1. The zero-order chi connectivity index (χ0) is 30.6. The molecule has 1 amide bonds. The maximum atomic E-state index is 13.0. The molecule has 0 saturated heterocycles. The van der Waals surface area contributed by atoms with Gasteiger partial charge in [-0.1, -0.05) is 36.4 Å². The number of nitriles is 2. The first-order valence-electron chi connectivity index (χ1n) is 13.7. The van der Waals surface area contributed by atoms with E-state index in [1.165, 1.54) is 11.8 Å². The van der Waals surface area contributed by atoms with Crippen molar-refractivity contribution in [3.63, 3.8) is 0 Å². The second-order valence-electron chi connectivity index (χ2n) is 10.1. The molecule has 3 aromatic carbocycles. The topological polar surface area (TPSA) is 135 Å². The molecule has 0 fully saturated rings. The Kier molecular flexibility index (Phi) is 11.1. The highest BCUT2D eigenvalue weighted by Crippen LogP contribution is 2.17. The van der Waals surface area contributed by atoms with E-state index in [-0.39, 0.29) is 0 Å². The molecular formula is C33H32N6O3S. The number of thioether (sulfide) groups is 1. The van der Waals surface area contributed by atoms with E-state index in [0.717, 1.165) is 22.4 Å². The van der Waals surface area contributed by atoms with Crippen LogP contribution in [0.15, 0.2) is 85.3 Å². The molecule has 1 heterocycles. The molecule has 0 spiro atoms. The van der Waals surface area contributed by atoms with E-state index in [2.05, 4.69) is 31.9 Å². The van der Waals surface area contributed by atoms with E-state index in [0.29, 0.717) is 55.0 Å². The van der Waals surface area contributed by atoms with Gasteiger partial charge in [0.25, 0.3) is 5.91 Å². The molecule has 9 nitrogen and oxygen atoms in total. The van der Waals surface area contributed by atoms with E-state index >= 15 is 0 Å². The lowest BCUT2D eigenvalue weighted by Gasteiger charge is -2.24. The van der Waals surface area contributed by atoms with Crippen LogP contribution in [0.4, 0.5) is 0 Å². The molecule has 0 radical (unpaired) electrons. The molecule has 0 saturated carbocycles. The number of carboxylic acids is 1. The number of nitrogens with zero attached hydrogens (tertiary/aromatic N) is 5. The monoisotopic (exact) mass is 592 g/mol. The smallest absolute Gasteiger partial charge is 0.326 e. The molecular weight excluding hydrogens is 560 g/mol. The maximum Gasteiger partial charge on any atom is 0.326 e. The largest absolute Gasteiger partial charge is 0.480 e. The van der Waals surface area contributed by atoms with Crippen LogP contribution in [0, 0.1) is 22.7 Å². The highest BCUT2D eigenvalue weighted by molar-refractivity contribution is 7.98. The molecule has 1 aromatic heterocycles. The van der Waals surface area contributed by atoms with Gasteiger partial charge in [0.1, 0.15) is 6.04 Å². The Morgan fingerprint density at radius 3 is 2.23 bits per heavy atom. The van der Waals surface area contributed by atoms with E-state index in [1.807, 2.05) is 42.8 Å². The second kappa shape index (κ2) is 15.4. The Labute approximate surface area is 255 Å². The third kappa shape index (κ3) is 9.04. The van der Waals surface area contributed by atoms with Gasteiger partial charge in [0, 0.05) is 37.9 Å². The zero-order valence-corrected chi connectivity index (χ0v) is 24.6. The molecule has 0 aliphatic carbocycles. The van der Waals surface area contributed by atoms with Gasteiger partial charge in [-0.15, -0.1) is 0 Å². The fourth-order valence-corrected chi connectivity index (χ4v) is 5.12. The number of benzene rings is 3. The summed E-state index contributed by atoms with van der Waals surface area (Å²) >= 11 is 1.53. The normalized spacial score (nSPS) is 11.4. The lowest BCUT2D eigenvalue weighted by Crippen LogP contribution is -2.41. The Hall–Kier alpha value is -4.90. The van der Waals surface area contributed by atoms with Crippen LogP contribution in [-0.2, 0) is 31.0 Å². The third-order valence-corrected chi connectivity index (χ3v) is 7.56. The standard InChI is InChI=1S/C33H32N6O3S/c1-43-14-13-31(33(41)42)37-32(40)29-4-2-3-28(15-29)20-38(19-26-9-5-24(16-34)6-10-26)22-30-18-36-23-39(30)21-27-11-7-25(17-35)8-12-27/h2-12,15,18,23,31H,13-14,19-22H2,1H3,(H,37,40)(H,41,42)/t31-/m0/s1. The molecule has 2 N–H and O–H groups in total. The first kappa shape index (κ1) is 31.0. The molecule has 4 rings (SSSR count). The minimum atomic E-state index is -1.05. The van der Waals surface area contributed by atoms with Crippen LogP contribution in [0.5, 0.6) is 0 Å². The lowest BCUT2D eigenvalue weighted by atomic mass is 10.1. The van der Waals surface area contributed by atoms with Crippen LogP contribution in [0.1, 0.15) is 50.3 Å². The average Bonchev–Trinajstić information content (AvgIpc) is 3.45. The summed E-state index contributed by atoms with van der Waals surface area (Å²) in [6.07, 6.45) is 5.86. The van der Waals surface area contributed by atoms with Gasteiger partial charge in [-0.3, -0.25) is 9.69 Å². The zero-order valence-electron chi connectivity index (χ0n) is 23.8. The van der Waals surface area contributed by atoms with Gasteiger partial charge in [-0.05, 0) is 71.5 Å². The number of rotatable bonds is 14. The number of carboxylic acid groups (broad SMARTS) is 1. The molecule has 0 unspecified atom stereocenters. The molecule has 43 heavy (non-hydrogen) atoms. The number of imidazole rings is 1. The van der Waals surface area contributed by atoms with Crippen LogP contribution in [0.25, 0.3) is 0 Å². The Morgan fingerprint density at radius 2 is 1.60 bits per heavy atom. The average molecular weight is 593 g/mol. The SMILES string of the molecule is CSCC[C@H](NC(=O)c1cccc(CN(Cc2ccc(C#N)cc2)Cc2cncn2Cc2ccc(C#N)cc2)c1)C(=O)O. The van der Waals surface area contributed by atoms with Crippen molar-refractivity contribution in [2.75, 3.05) is 12.0 Å². The van der Waals surface area contributed by atoms with Crippen molar-refractivity contribution < 1.29 is 14.7 Å². The summed E-state index contributed by atoms with van der Waals surface area (Å²) in [5.74, 6) is -0.845. The van der Waals surface area contributed by atoms with Crippen molar-refractivity contribution in [3.8, 4) is 12.1 Å². The number of aromatic nitrogens is 2. The van der Waals surface area contributed by atoms with Crippen molar-refractivity contribution in [2.24, 2.45) is 0 Å². The van der Waals surface area contributed by atoms with Crippen molar-refractivity contribution in [2.45, 2.75) is 38.6 Å². The van der Waals surface area contributed by atoms with Crippen LogP contribution >= 0.6 is 11.8 Å². The third-order valence-electron chi connectivity index (χ3n) is 6.92. The number of hydrogen-bond donors (Lipinski definition) is 2. The summed E-state index contributed by atoms with van der Waals surface area (Å²) in [4.78, 5) is 31.2. The fraction of sp³-hybridized carbons (Fsp3) is 0.242. The quantitative estimate of drug-likeness (QED) is 0.213. The summed E-state index contributed by atoms with van der Waals surface area (Å²) in [5.41, 5.74) is 5.57. The van der Waals surface area contributed by atoms with Gasteiger partial charge in [-0.25, -0.2) is 9.78 Å². The molecule has 0 bridgehead atoms. The fourth-order valence-electron chi connectivity index (χ4n) is 4.65. The summed E-state index contributed by atoms with van der Waals surface area (Å²) in [6, 6.07) is 25.5. The van der Waals surface area contributed by atoms with Gasteiger partial charge in [0.2, 0.25) is 0 Å². The van der Waals surface area contributed by atoms with Crippen LogP contribution < -0.4 is 5.32 Å². The molecule has 10 heteroatoms. The van der Waals surface area contributed by atoms with E-state index in [4.69, 9.17) is 5.26 Å². The van der Waals surface area contributed by atoms with Crippen molar-refractivity contribution in [3.05, 3.63) is 124 Å². The molecule has 0 aliphatic heterocycles. The minimum absolute atomic E-state index is 0.344. The van der Waals surface area contributed by atoms with Gasteiger partial charge in [0.15, 0.2) is 0 Å². The highest BCUT2D eigenvalue weighted by Gasteiger charge is 2.21. The highest BCUT2D eigenvalue weighted by atomic mass is 32.2. The molecule has 4 aromatic rings. The Balaban J connectivity index is 1.54. The van der Waals surface area contributed by atoms with Crippen LogP contribution in [-0.4, -0.2) is 49.5 Å². The molecule has 218 valence electrons. The van der Waals surface area contributed by atoms with E-state index in [9.17, 15) is 20.0 Å². The maximum absolute atomic E-state index is 13.0. The number of hydrogen-bond acceptors (Lipinski definition) is 7. The van der Waals surface area contributed by atoms with Crippen molar-refractivity contribution in [1.29, 1.82) is 10.5 Å². The lowest BCUT2D eigenvalue weighted by molar-refractivity contribution is -0.139. The minimum Gasteiger partial charge on any atom is -0.480 e. The predicted molar refractivity (Wildman–Crippen MR) is 165 cm³/mol. The second-order valence-corrected chi connectivity index (χ2v) is 11.1. The summed E-state index contributed by atoms with van der Waals surface area (Å²) in [6.45, 7) is 2.25. The summed E-state index contributed by atoms with van der Waals surface area (Å²) in [7, 11) is 0. The predicted octanol–water partition coefficient (Wildman–Crippen LogP) is 4.81. The van der Waals surface area contributed by atoms with Crippen LogP contribution in [0.3, 0.4) is 0 Å². The first-order chi connectivity index (χ1) is 20.9. The van der Waals surface area contributed by atoms with Gasteiger partial charge < -0.3 is 15.0 Å². The van der Waals surface area contributed by atoms with Crippen molar-refractivity contribution >= 4 is 23.6 Å². The Morgan fingerprint density at radius 1 is 0.953 bits per heavy atom. The van der Waals surface area contributed by atoms with E-state index < -0.39 is 17.9 Å². The van der Waals surface area contributed by atoms with Gasteiger partial charge in [-0.2, -0.15) is 22.3 Å². The first-order valence-corrected chi connectivity index (χ1v) is 15.1. The number of amides is 1. The van der Waals surface area contributed by atoms with Gasteiger partial charge in [0.05, 0.1) is 35.3 Å². The van der Waals surface area contributed by atoms with Crippen molar-refractivity contribution in [1.82, 2.24) is 19.8 Å². The summed E-state index contributed by atoms with van der Waals surface area (Å²) in [5, 5.41) is 30.5. The number of nitrogens with one attached hydrogen (secondary N) is 1. The molecule has 0 aliphatic rings. The summed E-state index contributed by atoms with van der Waals surface area (Å²) < 4.78 is 2.07. The molecule has 1 atom stereocenters. The number of carbonyl (C=O) groups is 2. The Bertz CT molecular complexity index is 1620. The van der Waals surface area contributed by atoms with Gasteiger partial charge >= 0.3 is 5.97 Å².